The molecule has 0 spiro atoms. The van der Waals surface area contributed by atoms with Gasteiger partial charge in [-0.05, 0) is 49.4 Å². The van der Waals surface area contributed by atoms with Crippen molar-refractivity contribution in [3.05, 3.63) is 59.4 Å². The van der Waals surface area contributed by atoms with Crippen LogP contribution in [0.2, 0.25) is 0 Å². The zero-order chi connectivity index (χ0) is 15.2. The van der Waals surface area contributed by atoms with Gasteiger partial charge in [-0.15, -0.1) is 0 Å². The highest BCUT2D eigenvalue weighted by Gasteiger charge is 2.10. The van der Waals surface area contributed by atoms with Crippen LogP contribution in [0.15, 0.2) is 42.5 Å². The van der Waals surface area contributed by atoms with E-state index in [1.807, 2.05) is 13.0 Å². The molecule has 2 aromatic rings. The molecule has 0 amide bonds. The van der Waals surface area contributed by atoms with Crippen LogP contribution in [0.1, 0.15) is 22.8 Å². The summed E-state index contributed by atoms with van der Waals surface area (Å²) in [5.74, 6) is 0.483. The molecule has 0 aliphatic carbocycles. The van der Waals surface area contributed by atoms with Gasteiger partial charge in [-0.25, -0.2) is 4.39 Å². The van der Waals surface area contributed by atoms with E-state index < -0.39 is 0 Å². The van der Waals surface area contributed by atoms with Crippen molar-refractivity contribution in [2.75, 3.05) is 18.6 Å². The van der Waals surface area contributed by atoms with Gasteiger partial charge in [0, 0.05) is 29.9 Å². The van der Waals surface area contributed by atoms with Crippen LogP contribution in [0.4, 0.5) is 10.1 Å². The molecule has 110 valence electrons. The fourth-order valence-electron chi connectivity index (χ4n) is 2.24. The van der Waals surface area contributed by atoms with Gasteiger partial charge in [-0.1, -0.05) is 0 Å². The van der Waals surface area contributed by atoms with E-state index in [1.165, 1.54) is 12.1 Å². The highest BCUT2D eigenvalue weighted by Crippen LogP contribution is 2.24. The molecule has 3 nitrogen and oxygen atoms in total. The lowest BCUT2D eigenvalue weighted by atomic mass is 10.1. The van der Waals surface area contributed by atoms with Crippen LogP contribution in [-0.2, 0) is 6.54 Å². The maximum atomic E-state index is 13.0. The first-order valence-corrected chi connectivity index (χ1v) is 6.80. The maximum absolute atomic E-state index is 13.0. The van der Waals surface area contributed by atoms with Crippen molar-refractivity contribution in [1.29, 1.82) is 0 Å². The van der Waals surface area contributed by atoms with E-state index in [9.17, 15) is 9.18 Å². The summed E-state index contributed by atoms with van der Waals surface area (Å²) in [4.78, 5) is 13.0. The van der Waals surface area contributed by atoms with Gasteiger partial charge >= 0.3 is 0 Å². The van der Waals surface area contributed by atoms with E-state index in [1.54, 1.807) is 31.4 Å². The van der Waals surface area contributed by atoms with Crippen molar-refractivity contribution in [1.82, 2.24) is 0 Å². The zero-order valence-electron chi connectivity index (χ0n) is 12.2. The molecule has 21 heavy (non-hydrogen) atoms. The second-order valence-corrected chi connectivity index (χ2v) is 4.68. The smallest absolute Gasteiger partial charge is 0.150 e. The summed E-state index contributed by atoms with van der Waals surface area (Å²) >= 11 is 0. The average Bonchev–Trinajstić information content (AvgIpc) is 2.53. The number of nitrogens with zero attached hydrogens (tertiary/aromatic N) is 1. The second kappa shape index (κ2) is 6.88. The number of ether oxygens (including phenoxy) is 1. The number of benzene rings is 2. The Morgan fingerprint density at radius 3 is 2.48 bits per heavy atom. The van der Waals surface area contributed by atoms with Gasteiger partial charge < -0.3 is 9.64 Å². The minimum Gasteiger partial charge on any atom is -0.496 e. The molecule has 2 rings (SSSR count). The fourth-order valence-corrected chi connectivity index (χ4v) is 2.24. The number of rotatable bonds is 6. The summed E-state index contributed by atoms with van der Waals surface area (Å²) in [5.41, 5.74) is 2.46. The predicted octanol–water partition coefficient (Wildman–Crippen LogP) is 3.67. The number of aldehydes is 1. The molecule has 0 atom stereocenters. The Bertz CT molecular complexity index is 611. The van der Waals surface area contributed by atoms with Crippen LogP contribution in [0.5, 0.6) is 5.75 Å². The second-order valence-electron chi connectivity index (χ2n) is 4.68. The number of anilines is 1. The number of methoxy groups -OCH3 is 1. The van der Waals surface area contributed by atoms with E-state index >= 15 is 0 Å². The maximum Gasteiger partial charge on any atom is 0.150 e. The molecular weight excluding hydrogens is 269 g/mol. The first kappa shape index (κ1) is 15.0. The van der Waals surface area contributed by atoms with Crippen molar-refractivity contribution >= 4 is 12.0 Å². The molecule has 0 heterocycles. The molecule has 4 heteroatoms. The third-order valence-electron chi connectivity index (χ3n) is 3.38. The van der Waals surface area contributed by atoms with Gasteiger partial charge in [0.15, 0.2) is 0 Å². The van der Waals surface area contributed by atoms with E-state index in [0.29, 0.717) is 12.1 Å². The lowest BCUT2D eigenvalue weighted by Gasteiger charge is -2.24. The molecule has 0 aromatic heterocycles. The Labute approximate surface area is 124 Å². The molecule has 0 unspecified atom stereocenters. The highest BCUT2D eigenvalue weighted by atomic mass is 19.1. The zero-order valence-corrected chi connectivity index (χ0v) is 12.2. The molecule has 0 radical (unpaired) electrons. The SMILES string of the molecule is CCN(Cc1cc(C=O)ccc1OC)c1ccc(F)cc1. The standard InChI is InChI=1S/C17H18FNO2/c1-3-19(16-7-5-15(18)6-8-16)11-14-10-13(12-20)4-9-17(14)21-2/h4-10,12H,3,11H2,1-2H3. The summed E-state index contributed by atoms with van der Waals surface area (Å²) < 4.78 is 18.4. The van der Waals surface area contributed by atoms with Gasteiger partial charge in [0.25, 0.3) is 0 Å². The third-order valence-corrected chi connectivity index (χ3v) is 3.38. The van der Waals surface area contributed by atoms with Crippen molar-refractivity contribution in [2.24, 2.45) is 0 Å². The number of halogens is 1. The molecule has 0 N–H and O–H groups in total. The number of carbonyl (C=O) groups excluding carboxylic acids is 1. The van der Waals surface area contributed by atoms with Crippen molar-refractivity contribution in [2.45, 2.75) is 13.5 Å². The molecule has 0 saturated carbocycles. The quantitative estimate of drug-likeness (QED) is 0.759. The molecule has 0 aliphatic rings. The first-order chi connectivity index (χ1) is 10.2. The summed E-state index contributed by atoms with van der Waals surface area (Å²) in [7, 11) is 1.60. The summed E-state index contributed by atoms with van der Waals surface area (Å²) in [5, 5.41) is 0. The largest absolute Gasteiger partial charge is 0.496 e. The Morgan fingerprint density at radius 2 is 1.90 bits per heavy atom. The highest BCUT2D eigenvalue weighted by molar-refractivity contribution is 5.75. The van der Waals surface area contributed by atoms with Gasteiger partial charge in [0.1, 0.15) is 17.9 Å². The Balaban J connectivity index is 2.29. The normalized spacial score (nSPS) is 10.2. The van der Waals surface area contributed by atoms with Crippen LogP contribution < -0.4 is 9.64 Å². The molecule has 0 fully saturated rings. The van der Waals surface area contributed by atoms with E-state index in [4.69, 9.17) is 4.74 Å². The molecule has 0 bridgehead atoms. The van der Waals surface area contributed by atoms with Gasteiger partial charge in [0.2, 0.25) is 0 Å². The number of hydrogen-bond donors (Lipinski definition) is 0. The van der Waals surface area contributed by atoms with Crippen LogP contribution in [-0.4, -0.2) is 19.9 Å². The summed E-state index contributed by atoms with van der Waals surface area (Å²) in [6, 6.07) is 11.7. The lowest BCUT2D eigenvalue weighted by Crippen LogP contribution is -2.22. The van der Waals surface area contributed by atoms with Crippen molar-refractivity contribution in [3.8, 4) is 5.75 Å². The van der Waals surface area contributed by atoms with Crippen molar-refractivity contribution in [3.63, 3.8) is 0 Å². The van der Waals surface area contributed by atoms with Crippen LogP contribution in [0.25, 0.3) is 0 Å². The van der Waals surface area contributed by atoms with Crippen LogP contribution >= 0.6 is 0 Å². The third kappa shape index (κ3) is 3.60. The molecule has 0 aliphatic heterocycles. The summed E-state index contributed by atoms with van der Waals surface area (Å²) in [6.07, 6.45) is 0.817. The molecule has 2 aromatic carbocycles. The monoisotopic (exact) mass is 287 g/mol. The summed E-state index contributed by atoms with van der Waals surface area (Å²) in [6.45, 7) is 3.38. The van der Waals surface area contributed by atoms with E-state index in [0.717, 1.165) is 29.8 Å². The predicted molar refractivity (Wildman–Crippen MR) is 81.5 cm³/mol. The molecular formula is C17H18FNO2. The van der Waals surface area contributed by atoms with Crippen LogP contribution in [0.3, 0.4) is 0 Å². The Morgan fingerprint density at radius 1 is 1.19 bits per heavy atom. The van der Waals surface area contributed by atoms with E-state index in [2.05, 4.69) is 4.90 Å². The van der Waals surface area contributed by atoms with Gasteiger partial charge in [-0.2, -0.15) is 0 Å². The number of hydrogen-bond acceptors (Lipinski definition) is 3. The average molecular weight is 287 g/mol. The Hall–Kier alpha value is -2.36. The topological polar surface area (TPSA) is 29.5 Å². The minimum absolute atomic E-state index is 0.254. The fraction of sp³-hybridized carbons (Fsp3) is 0.235. The molecule has 0 saturated heterocycles. The Kier molecular flexibility index (Phi) is 4.93. The van der Waals surface area contributed by atoms with Gasteiger partial charge in [0.05, 0.1) is 7.11 Å². The van der Waals surface area contributed by atoms with Gasteiger partial charge in [-0.3, -0.25) is 4.79 Å². The van der Waals surface area contributed by atoms with Crippen molar-refractivity contribution < 1.29 is 13.9 Å². The lowest BCUT2D eigenvalue weighted by molar-refractivity contribution is 0.112. The first-order valence-electron chi connectivity index (χ1n) is 6.80. The van der Waals surface area contributed by atoms with E-state index in [-0.39, 0.29) is 5.82 Å². The minimum atomic E-state index is -0.254. The number of carbonyl (C=O) groups is 1. The van der Waals surface area contributed by atoms with Crippen LogP contribution in [0, 0.1) is 5.82 Å².